The Labute approximate surface area is 94.5 Å². The summed E-state index contributed by atoms with van der Waals surface area (Å²) in [5, 5.41) is 11.8. The van der Waals surface area contributed by atoms with Crippen LogP contribution in [0.15, 0.2) is 42.5 Å². The van der Waals surface area contributed by atoms with Crippen molar-refractivity contribution < 1.29 is 9.84 Å². The van der Waals surface area contributed by atoms with Gasteiger partial charge in [0.25, 0.3) is 0 Å². The quantitative estimate of drug-likeness (QED) is 0.790. The van der Waals surface area contributed by atoms with Gasteiger partial charge in [0.1, 0.15) is 0 Å². The molecule has 1 aliphatic heterocycles. The molecule has 16 heavy (non-hydrogen) atoms. The maximum Gasteiger partial charge on any atom is 0.155 e. The van der Waals surface area contributed by atoms with Crippen molar-refractivity contribution >= 4 is 10.8 Å². The molecular weight excluding hydrogens is 200 g/mol. The summed E-state index contributed by atoms with van der Waals surface area (Å²) in [6.45, 7) is 0. The Morgan fingerprint density at radius 1 is 1.00 bits per heavy atom. The van der Waals surface area contributed by atoms with Crippen molar-refractivity contribution in [2.24, 2.45) is 0 Å². The van der Waals surface area contributed by atoms with E-state index in [0.29, 0.717) is 0 Å². The number of hydrogen-bond donors (Lipinski definition) is 1. The molecule has 1 N–H and O–H groups in total. The molecule has 1 fully saturated rings. The number of aliphatic hydroxyl groups is 1. The molecular formula is C14H14O2. The van der Waals surface area contributed by atoms with Crippen LogP contribution in [0.1, 0.15) is 24.5 Å². The molecule has 0 spiro atoms. The Hall–Kier alpha value is -1.38. The van der Waals surface area contributed by atoms with Gasteiger partial charge in [-0.25, -0.2) is 0 Å². The number of benzene rings is 2. The van der Waals surface area contributed by atoms with E-state index in [1.165, 1.54) is 10.8 Å². The Kier molecular flexibility index (Phi) is 2.39. The molecule has 2 nitrogen and oxygen atoms in total. The fourth-order valence-electron chi connectivity index (χ4n) is 2.27. The maximum atomic E-state index is 9.35. The van der Waals surface area contributed by atoms with E-state index in [4.69, 9.17) is 4.74 Å². The SMILES string of the molecule is OC1CCC(c2ccc3ccccc3c2)O1. The molecule has 1 aliphatic rings. The van der Waals surface area contributed by atoms with Gasteiger partial charge in [0.15, 0.2) is 6.29 Å². The Balaban J connectivity index is 1.99. The lowest BCUT2D eigenvalue weighted by molar-refractivity contribution is -0.0913. The van der Waals surface area contributed by atoms with E-state index in [2.05, 4.69) is 30.3 Å². The molecule has 2 unspecified atom stereocenters. The average Bonchev–Trinajstić information content (AvgIpc) is 2.75. The monoisotopic (exact) mass is 214 g/mol. The average molecular weight is 214 g/mol. The molecule has 0 amide bonds. The Morgan fingerprint density at radius 2 is 1.81 bits per heavy atom. The number of rotatable bonds is 1. The third-order valence-electron chi connectivity index (χ3n) is 3.14. The van der Waals surface area contributed by atoms with Crippen molar-refractivity contribution in [3.05, 3.63) is 48.0 Å². The van der Waals surface area contributed by atoms with E-state index in [0.717, 1.165) is 18.4 Å². The summed E-state index contributed by atoms with van der Waals surface area (Å²) in [7, 11) is 0. The summed E-state index contributed by atoms with van der Waals surface area (Å²) >= 11 is 0. The van der Waals surface area contributed by atoms with E-state index < -0.39 is 6.29 Å². The molecule has 0 aromatic heterocycles. The molecule has 2 aromatic rings. The lowest BCUT2D eigenvalue weighted by Crippen LogP contribution is -2.03. The van der Waals surface area contributed by atoms with E-state index in [1.54, 1.807) is 0 Å². The van der Waals surface area contributed by atoms with Gasteiger partial charge < -0.3 is 9.84 Å². The summed E-state index contributed by atoms with van der Waals surface area (Å²) in [5.74, 6) is 0. The standard InChI is InChI=1S/C14H14O2/c15-14-8-7-13(16-14)12-6-5-10-3-1-2-4-11(10)9-12/h1-6,9,13-15H,7-8H2. The topological polar surface area (TPSA) is 29.5 Å². The van der Waals surface area contributed by atoms with Crippen molar-refractivity contribution in [2.45, 2.75) is 25.2 Å². The highest BCUT2D eigenvalue weighted by Crippen LogP contribution is 2.32. The summed E-state index contributed by atoms with van der Waals surface area (Å²) < 4.78 is 5.45. The van der Waals surface area contributed by atoms with Crippen molar-refractivity contribution in [3.63, 3.8) is 0 Å². The van der Waals surface area contributed by atoms with Crippen molar-refractivity contribution in [1.29, 1.82) is 0 Å². The first-order valence-electron chi connectivity index (χ1n) is 5.65. The predicted octanol–water partition coefficient (Wildman–Crippen LogP) is 3.01. The van der Waals surface area contributed by atoms with Gasteiger partial charge in [-0.2, -0.15) is 0 Å². The molecule has 3 rings (SSSR count). The Morgan fingerprint density at radius 3 is 2.56 bits per heavy atom. The zero-order valence-electron chi connectivity index (χ0n) is 8.97. The molecule has 0 radical (unpaired) electrons. The molecule has 82 valence electrons. The highest BCUT2D eigenvalue weighted by atomic mass is 16.6. The van der Waals surface area contributed by atoms with Gasteiger partial charge in [0, 0.05) is 6.42 Å². The molecule has 1 heterocycles. The minimum atomic E-state index is -0.587. The van der Waals surface area contributed by atoms with Crippen LogP contribution in [0.25, 0.3) is 10.8 Å². The third kappa shape index (κ3) is 1.70. The first-order valence-corrected chi connectivity index (χ1v) is 5.65. The second kappa shape index (κ2) is 3.89. The number of hydrogen-bond acceptors (Lipinski definition) is 2. The van der Waals surface area contributed by atoms with Gasteiger partial charge >= 0.3 is 0 Å². The molecule has 2 atom stereocenters. The van der Waals surface area contributed by atoms with Crippen molar-refractivity contribution in [3.8, 4) is 0 Å². The first kappa shape index (κ1) is 9.82. The van der Waals surface area contributed by atoms with Crippen LogP contribution in [-0.4, -0.2) is 11.4 Å². The van der Waals surface area contributed by atoms with Crippen molar-refractivity contribution in [2.75, 3.05) is 0 Å². The van der Waals surface area contributed by atoms with Gasteiger partial charge in [0.05, 0.1) is 6.10 Å². The molecule has 0 saturated carbocycles. The number of fused-ring (bicyclic) bond motifs is 1. The molecule has 0 bridgehead atoms. The first-order chi connectivity index (χ1) is 7.83. The van der Waals surface area contributed by atoms with E-state index >= 15 is 0 Å². The van der Waals surface area contributed by atoms with Crippen LogP contribution in [0.5, 0.6) is 0 Å². The highest BCUT2D eigenvalue weighted by molar-refractivity contribution is 5.83. The van der Waals surface area contributed by atoms with Crippen LogP contribution < -0.4 is 0 Å². The van der Waals surface area contributed by atoms with Gasteiger partial charge in [-0.1, -0.05) is 36.4 Å². The number of ether oxygens (including phenoxy) is 1. The summed E-state index contributed by atoms with van der Waals surface area (Å²) in [6, 6.07) is 14.6. The van der Waals surface area contributed by atoms with Crippen LogP contribution in [0, 0.1) is 0 Å². The molecule has 2 heteroatoms. The van der Waals surface area contributed by atoms with Crippen molar-refractivity contribution in [1.82, 2.24) is 0 Å². The van der Waals surface area contributed by atoms with Gasteiger partial charge in [-0.15, -0.1) is 0 Å². The minimum Gasteiger partial charge on any atom is -0.368 e. The largest absolute Gasteiger partial charge is 0.368 e. The van der Waals surface area contributed by atoms with E-state index in [1.807, 2.05) is 12.1 Å². The third-order valence-corrected chi connectivity index (χ3v) is 3.14. The minimum absolute atomic E-state index is 0.0552. The smallest absolute Gasteiger partial charge is 0.155 e. The van der Waals surface area contributed by atoms with Gasteiger partial charge in [-0.3, -0.25) is 0 Å². The van der Waals surface area contributed by atoms with Gasteiger partial charge in [0.2, 0.25) is 0 Å². The highest BCUT2D eigenvalue weighted by Gasteiger charge is 2.24. The molecule has 0 aliphatic carbocycles. The van der Waals surface area contributed by atoms with E-state index in [-0.39, 0.29) is 6.10 Å². The lowest BCUT2D eigenvalue weighted by atomic mass is 10.0. The van der Waals surface area contributed by atoms with Crippen LogP contribution in [0.2, 0.25) is 0 Å². The van der Waals surface area contributed by atoms with Gasteiger partial charge in [-0.05, 0) is 28.8 Å². The van der Waals surface area contributed by atoms with Crippen LogP contribution in [0.3, 0.4) is 0 Å². The molecule has 1 saturated heterocycles. The van der Waals surface area contributed by atoms with Crippen LogP contribution >= 0.6 is 0 Å². The zero-order chi connectivity index (χ0) is 11.0. The normalized spacial score (nSPS) is 25.1. The summed E-state index contributed by atoms with van der Waals surface area (Å²) in [4.78, 5) is 0. The maximum absolute atomic E-state index is 9.35. The summed E-state index contributed by atoms with van der Waals surface area (Å²) in [6.07, 6.45) is 1.10. The van der Waals surface area contributed by atoms with Crippen LogP contribution in [-0.2, 0) is 4.74 Å². The lowest BCUT2D eigenvalue weighted by Gasteiger charge is -2.11. The Bertz CT molecular complexity index is 507. The van der Waals surface area contributed by atoms with E-state index in [9.17, 15) is 5.11 Å². The number of aliphatic hydroxyl groups excluding tert-OH is 1. The second-order valence-electron chi connectivity index (χ2n) is 4.26. The fraction of sp³-hybridized carbons (Fsp3) is 0.286. The predicted molar refractivity (Wildman–Crippen MR) is 63.0 cm³/mol. The van der Waals surface area contributed by atoms with Crippen LogP contribution in [0.4, 0.5) is 0 Å². The zero-order valence-corrected chi connectivity index (χ0v) is 8.97. The fourth-order valence-corrected chi connectivity index (χ4v) is 2.27. The summed E-state index contributed by atoms with van der Waals surface area (Å²) in [5.41, 5.74) is 1.16. The second-order valence-corrected chi connectivity index (χ2v) is 4.26. The molecule has 2 aromatic carbocycles.